The molecule has 2 fully saturated rings. The molecule has 2 atom stereocenters. The topological polar surface area (TPSA) is 67.2 Å². The van der Waals surface area contributed by atoms with E-state index in [2.05, 4.69) is 10.4 Å². The van der Waals surface area contributed by atoms with Crippen LogP contribution in [0.3, 0.4) is 0 Å². The number of anilines is 1. The number of nitrogens with zero attached hydrogens (tertiary/aromatic N) is 2. The number of hydrogen-bond acceptors (Lipinski definition) is 4. The lowest BCUT2D eigenvalue weighted by molar-refractivity contribution is 0.116. The molecule has 0 bridgehead atoms. The number of hydrogen-bond donors (Lipinski definition) is 2. The highest BCUT2D eigenvalue weighted by atomic mass is 35.5. The van der Waals surface area contributed by atoms with Gasteiger partial charge in [-0.1, -0.05) is 30.9 Å². The molecule has 1 aromatic rings. The summed E-state index contributed by atoms with van der Waals surface area (Å²) < 4.78 is 1.51. The molecule has 6 heteroatoms. The maximum Gasteiger partial charge on any atom is 0.291 e. The second kappa shape index (κ2) is 6.36. The van der Waals surface area contributed by atoms with Gasteiger partial charge >= 0.3 is 0 Å². The smallest absolute Gasteiger partial charge is 0.291 e. The Bertz CT molecular complexity index is 556. The van der Waals surface area contributed by atoms with Crippen LogP contribution < -0.4 is 10.9 Å². The molecule has 3 rings (SSSR count). The van der Waals surface area contributed by atoms with Crippen molar-refractivity contribution in [3.05, 3.63) is 21.6 Å². The summed E-state index contributed by atoms with van der Waals surface area (Å²) in [5.74, 6) is 0.560. The number of nitrogens with one attached hydrogen (secondary N) is 1. The minimum absolute atomic E-state index is 0.0940. The van der Waals surface area contributed by atoms with E-state index in [1.807, 2.05) is 0 Å². The zero-order valence-corrected chi connectivity index (χ0v) is 12.9. The summed E-state index contributed by atoms with van der Waals surface area (Å²) >= 11 is 6.13. The van der Waals surface area contributed by atoms with Crippen molar-refractivity contribution in [2.75, 3.05) is 5.32 Å². The van der Waals surface area contributed by atoms with Crippen molar-refractivity contribution in [1.29, 1.82) is 0 Å². The third kappa shape index (κ3) is 3.24. The first-order chi connectivity index (χ1) is 10.1. The van der Waals surface area contributed by atoms with Gasteiger partial charge in [0.2, 0.25) is 0 Å². The molecule has 0 radical (unpaired) electrons. The van der Waals surface area contributed by atoms with Gasteiger partial charge in [0.15, 0.2) is 0 Å². The summed E-state index contributed by atoms with van der Waals surface area (Å²) in [4.78, 5) is 12.5. The molecule has 0 spiro atoms. The molecule has 21 heavy (non-hydrogen) atoms. The fourth-order valence-corrected chi connectivity index (χ4v) is 3.29. The summed E-state index contributed by atoms with van der Waals surface area (Å²) in [6.45, 7) is 0.665. The van der Waals surface area contributed by atoms with E-state index in [0.717, 1.165) is 25.7 Å². The number of halogens is 1. The first-order valence-corrected chi connectivity index (χ1v) is 8.23. The predicted octanol–water partition coefficient (Wildman–Crippen LogP) is 2.41. The van der Waals surface area contributed by atoms with Crippen molar-refractivity contribution < 1.29 is 5.11 Å². The number of aromatic nitrogens is 2. The van der Waals surface area contributed by atoms with Crippen LogP contribution >= 0.6 is 11.6 Å². The van der Waals surface area contributed by atoms with Crippen molar-refractivity contribution >= 4 is 17.3 Å². The van der Waals surface area contributed by atoms with Crippen LogP contribution in [0.15, 0.2) is 11.0 Å². The lowest BCUT2D eigenvalue weighted by atomic mass is 9.85. The molecule has 1 heterocycles. The predicted molar refractivity (Wildman–Crippen MR) is 82.7 cm³/mol. The third-order valence-corrected chi connectivity index (χ3v) is 5.00. The quantitative estimate of drug-likeness (QED) is 0.896. The number of aliphatic hydroxyl groups excluding tert-OH is 1. The molecule has 2 unspecified atom stereocenters. The SMILES string of the molecule is O=c1c(NC2CCCCC2O)c(Cl)cnn1CC1CCC1. The Morgan fingerprint density at radius 2 is 2.05 bits per heavy atom. The van der Waals surface area contributed by atoms with E-state index >= 15 is 0 Å². The van der Waals surface area contributed by atoms with E-state index in [1.165, 1.54) is 30.1 Å². The van der Waals surface area contributed by atoms with Crippen LogP contribution in [0.25, 0.3) is 0 Å². The first-order valence-electron chi connectivity index (χ1n) is 7.85. The van der Waals surface area contributed by atoms with E-state index in [0.29, 0.717) is 23.2 Å². The highest BCUT2D eigenvalue weighted by Crippen LogP contribution is 2.28. The molecule has 2 aliphatic carbocycles. The number of rotatable bonds is 4. The average Bonchev–Trinajstić information content (AvgIpc) is 2.42. The van der Waals surface area contributed by atoms with Crippen LogP contribution in [0.4, 0.5) is 5.69 Å². The second-order valence-electron chi connectivity index (χ2n) is 6.25. The van der Waals surface area contributed by atoms with Crippen LogP contribution in [-0.4, -0.2) is 27.0 Å². The molecule has 0 amide bonds. The molecular weight excluding hydrogens is 290 g/mol. The van der Waals surface area contributed by atoms with E-state index in [1.54, 1.807) is 0 Å². The minimum Gasteiger partial charge on any atom is -0.391 e. The fourth-order valence-electron chi connectivity index (χ4n) is 3.11. The first kappa shape index (κ1) is 14.9. The summed E-state index contributed by atoms with van der Waals surface area (Å²) in [6, 6.07) is -0.0940. The summed E-state index contributed by atoms with van der Waals surface area (Å²) in [5.41, 5.74) is 0.212. The second-order valence-corrected chi connectivity index (χ2v) is 6.66. The zero-order chi connectivity index (χ0) is 14.8. The van der Waals surface area contributed by atoms with E-state index < -0.39 is 6.10 Å². The van der Waals surface area contributed by atoms with Crippen molar-refractivity contribution in [2.45, 2.75) is 63.6 Å². The zero-order valence-electron chi connectivity index (χ0n) is 12.1. The van der Waals surface area contributed by atoms with Gasteiger partial charge in [-0.15, -0.1) is 0 Å². The molecular formula is C15H22ClN3O2. The van der Waals surface area contributed by atoms with Gasteiger partial charge in [0.05, 0.1) is 23.4 Å². The molecule has 2 aliphatic rings. The van der Waals surface area contributed by atoms with Gasteiger partial charge in [0, 0.05) is 6.54 Å². The molecule has 2 saturated carbocycles. The van der Waals surface area contributed by atoms with Gasteiger partial charge in [-0.3, -0.25) is 4.79 Å². The lowest BCUT2D eigenvalue weighted by Gasteiger charge is -2.29. The van der Waals surface area contributed by atoms with Crippen molar-refractivity contribution in [3.63, 3.8) is 0 Å². The summed E-state index contributed by atoms with van der Waals surface area (Å²) in [6.07, 6.45) is 8.43. The Kier molecular flexibility index (Phi) is 4.50. The van der Waals surface area contributed by atoms with Crippen LogP contribution in [0, 0.1) is 5.92 Å². The van der Waals surface area contributed by atoms with Crippen molar-refractivity contribution in [1.82, 2.24) is 9.78 Å². The maximum absolute atomic E-state index is 12.5. The number of aliphatic hydroxyl groups is 1. The lowest BCUT2D eigenvalue weighted by Crippen LogP contribution is -2.39. The molecule has 0 aromatic carbocycles. The largest absolute Gasteiger partial charge is 0.391 e. The highest BCUT2D eigenvalue weighted by Gasteiger charge is 2.25. The monoisotopic (exact) mass is 311 g/mol. The molecule has 5 nitrogen and oxygen atoms in total. The van der Waals surface area contributed by atoms with Gasteiger partial charge in [-0.25, -0.2) is 4.68 Å². The van der Waals surface area contributed by atoms with Gasteiger partial charge in [-0.2, -0.15) is 5.10 Å². The van der Waals surface area contributed by atoms with Crippen LogP contribution in [0.5, 0.6) is 0 Å². The minimum atomic E-state index is -0.414. The highest BCUT2D eigenvalue weighted by molar-refractivity contribution is 6.33. The fraction of sp³-hybridized carbons (Fsp3) is 0.733. The molecule has 116 valence electrons. The Morgan fingerprint density at radius 3 is 2.71 bits per heavy atom. The average molecular weight is 312 g/mol. The Morgan fingerprint density at radius 1 is 1.29 bits per heavy atom. The van der Waals surface area contributed by atoms with Gasteiger partial charge in [0.25, 0.3) is 5.56 Å². The van der Waals surface area contributed by atoms with Crippen LogP contribution in [-0.2, 0) is 6.54 Å². The van der Waals surface area contributed by atoms with Crippen molar-refractivity contribution in [3.8, 4) is 0 Å². The Hall–Kier alpha value is -1.07. The standard InChI is InChI=1S/C15H22ClN3O2/c16-11-8-17-19(9-10-4-3-5-10)15(21)14(11)18-12-6-1-2-7-13(12)20/h8,10,12-13,18,20H,1-7,9H2. The van der Waals surface area contributed by atoms with Crippen LogP contribution in [0.2, 0.25) is 5.02 Å². The Balaban J connectivity index is 1.79. The van der Waals surface area contributed by atoms with Crippen LogP contribution in [0.1, 0.15) is 44.9 Å². The van der Waals surface area contributed by atoms with Crippen molar-refractivity contribution in [2.24, 2.45) is 5.92 Å². The van der Waals surface area contributed by atoms with E-state index in [9.17, 15) is 9.90 Å². The summed E-state index contributed by atoms with van der Waals surface area (Å²) in [7, 11) is 0. The van der Waals surface area contributed by atoms with E-state index in [4.69, 9.17) is 11.6 Å². The summed E-state index contributed by atoms with van der Waals surface area (Å²) in [5, 5.41) is 17.7. The molecule has 0 aliphatic heterocycles. The van der Waals surface area contributed by atoms with E-state index in [-0.39, 0.29) is 11.6 Å². The third-order valence-electron chi connectivity index (χ3n) is 4.71. The Labute approximate surface area is 129 Å². The van der Waals surface area contributed by atoms with Gasteiger partial charge in [-0.05, 0) is 31.6 Å². The normalized spacial score (nSPS) is 26.4. The van der Waals surface area contributed by atoms with Gasteiger partial charge in [0.1, 0.15) is 5.69 Å². The van der Waals surface area contributed by atoms with Gasteiger partial charge < -0.3 is 10.4 Å². The maximum atomic E-state index is 12.5. The molecule has 1 aromatic heterocycles. The molecule has 0 saturated heterocycles. The molecule has 2 N–H and O–H groups in total.